The SMILES string of the molecule is Cc1ccc(/C=C(\CCl)C(C#Cc2ccccc2)c2ccc(Br)cc2)cc1. The van der Waals surface area contributed by atoms with Gasteiger partial charge in [-0.2, -0.15) is 0 Å². The van der Waals surface area contributed by atoms with E-state index in [0.29, 0.717) is 5.88 Å². The normalized spacial score (nSPS) is 12.2. The second-order valence-corrected chi connectivity index (χ2v) is 7.57. The first kappa shape index (κ1) is 19.5. The van der Waals surface area contributed by atoms with Gasteiger partial charge in [0.2, 0.25) is 0 Å². The molecule has 0 aromatic heterocycles. The summed E-state index contributed by atoms with van der Waals surface area (Å²) in [5.41, 5.74) is 5.61. The van der Waals surface area contributed by atoms with Crippen molar-refractivity contribution in [2.75, 3.05) is 5.88 Å². The van der Waals surface area contributed by atoms with Crippen molar-refractivity contribution in [3.8, 4) is 11.8 Å². The van der Waals surface area contributed by atoms with E-state index >= 15 is 0 Å². The highest BCUT2D eigenvalue weighted by molar-refractivity contribution is 9.10. The Labute approximate surface area is 175 Å². The fraction of sp³-hybridized carbons (Fsp3) is 0.120. The number of aryl methyl sites for hydroxylation is 1. The molecule has 0 spiro atoms. The van der Waals surface area contributed by atoms with Crippen LogP contribution in [0.2, 0.25) is 0 Å². The smallest absolute Gasteiger partial charge is 0.0680 e. The number of alkyl halides is 1. The third-order valence-electron chi connectivity index (χ3n) is 4.29. The van der Waals surface area contributed by atoms with Gasteiger partial charge in [-0.1, -0.05) is 94.0 Å². The van der Waals surface area contributed by atoms with E-state index in [2.05, 4.69) is 77.2 Å². The zero-order valence-electron chi connectivity index (χ0n) is 15.1. The lowest BCUT2D eigenvalue weighted by Gasteiger charge is -2.15. The van der Waals surface area contributed by atoms with E-state index in [-0.39, 0.29) is 5.92 Å². The standard InChI is InChI=1S/C25H20BrCl/c1-19-7-9-21(10-8-19)17-23(18-27)25(22-12-14-24(26)15-13-22)16-11-20-5-3-2-4-6-20/h2-10,12-15,17,25H,18H2,1H3/b23-17+. The molecule has 2 heteroatoms. The largest absolute Gasteiger partial charge is 0.122 e. The van der Waals surface area contributed by atoms with Crippen LogP contribution in [0.15, 0.2) is 88.9 Å². The number of rotatable bonds is 4. The van der Waals surface area contributed by atoms with Crippen molar-refractivity contribution in [2.24, 2.45) is 0 Å². The van der Waals surface area contributed by atoms with Gasteiger partial charge in [0.25, 0.3) is 0 Å². The molecule has 1 unspecified atom stereocenters. The average Bonchev–Trinajstić information content (AvgIpc) is 2.70. The highest BCUT2D eigenvalue weighted by atomic mass is 79.9. The van der Waals surface area contributed by atoms with Crippen LogP contribution in [-0.4, -0.2) is 5.88 Å². The van der Waals surface area contributed by atoms with E-state index in [1.807, 2.05) is 42.5 Å². The second-order valence-electron chi connectivity index (χ2n) is 6.38. The first-order valence-corrected chi connectivity index (χ1v) is 10.1. The van der Waals surface area contributed by atoms with Crippen molar-refractivity contribution in [3.05, 3.63) is 111 Å². The van der Waals surface area contributed by atoms with Crippen LogP contribution >= 0.6 is 27.5 Å². The van der Waals surface area contributed by atoms with Crippen molar-refractivity contribution in [3.63, 3.8) is 0 Å². The molecule has 0 nitrogen and oxygen atoms in total. The highest BCUT2D eigenvalue weighted by Crippen LogP contribution is 2.28. The summed E-state index contributed by atoms with van der Waals surface area (Å²) in [7, 11) is 0. The van der Waals surface area contributed by atoms with Gasteiger partial charge >= 0.3 is 0 Å². The molecule has 0 saturated carbocycles. The molecular weight excluding hydrogens is 416 g/mol. The molecule has 0 aliphatic heterocycles. The predicted octanol–water partition coefficient (Wildman–Crippen LogP) is 7.22. The molecule has 0 aliphatic rings. The molecule has 0 N–H and O–H groups in total. The van der Waals surface area contributed by atoms with Crippen LogP contribution in [0.1, 0.15) is 28.2 Å². The van der Waals surface area contributed by atoms with Gasteiger partial charge in [-0.25, -0.2) is 0 Å². The third kappa shape index (κ3) is 5.60. The Kier molecular flexibility index (Phi) is 6.93. The molecule has 0 saturated heterocycles. The van der Waals surface area contributed by atoms with Gasteiger partial charge < -0.3 is 0 Å². The van der Waals surface area contributed by atoms with E-state index in [1.165, 1.54) is 5.56 Å². The molecule has 0 heterocycles. The van der Waals surface area contributed by atoms with E-state index in [0.717, 1.165) is 26.7 Å². The summed E-state index contributed by atoms with van der Waals surface area (Å²) in [5, 5.41) is 0. The first-order valence-electron chi connectivity index (χ1n) is 8.81. The summed E-state index contributed by atoms with van der Waals surface area (Å²) in [4.78, 5) is 0. The molecule has 3 aromatic rings. The maximum Gasteiger partial charge on any atom is 0.0680 e. The molecule has 0 aliphatic carbocycles. The molecule has 0 amide bonds. The number of allylic oxidation sites excluding steroid dienone is 1. The zero-order chi connectivity index (χ0) is 19.1. The molecule has 3 aromatic carbocycles. The van der Waals surface area contributed by atoms with Gasteiger partial charge in [-0.15, -0.1) is 11.6 Å². The third-order valence-corrected chi connectivity index (χ3v) is 5.13. The van der Waals surface area contributed by atoms with Gasteiger partial charge in [0.15, 0.2) is 0 Å². The summed E-state index contributed by atoms with van der Waals surface area (Å²) in [6, 6.07) is 26.8. The van der Waals surface area contributed by atoms with Crippen LogP contribution < -0.4 is 0 Å². The van der Waals surface area contributed by atoms with E-state index in [9.17, 15) is 0 Å². The summed E-state index contributed by atoms with van der Waals surface area (Å²) in [6.07, 6.45) is 2.15. The van der Waals surface area contributed by atoms with Gasteiger partial charge in [0.1, 0.15) is 0 Å². The fourth-order valence-electron chi connectivity index (χ4n) is 2.80. The summed E-state index contributed by atoms with van der Waals surface area (Å²) < 4.78 is 1.05. The molecule has 0 fully saturated rings. The maximum atomic E-state index is 6.36. The lowest BCUT2D eigenvalue weighted by Crippen LogP contribution is -2.02. The van der Waals surface area contributed by atoms with E-state index in [1.54, 1.807) is 0 Å². The molecule has 0 radical (unpaired) electrons. The van der Waals surface area contributed by atoms with E-state index < -0.39 is 0 Å². The van der Waals surface area contributed by atoms with Crippen molar-refractivity contribution in [1.82, 2.24) is 0 Å². The number of benzene rings is 3. The maximum absolute atomic E-state index is 6.36. The number of halogens is 2. The minimum atomic E-state index is -0.0582. The monoisotopic (exact) mass is 434 g/mol. The Hall–Kier alpha value is -2.27. The number of hydrogen-bond donors (Lipinski definition) is 0. The lowest BCUT2D eigenvalue weighted by atomic mass is 9.90. The lowest BCUT2D eigenvalue weighted by molar-refractivity contribution is 1.04. The quantitative estimate of drug-likeness (QED) is 0.300. The summed E-state index contributed by atoms with van der Waals surface area (Å²) >= 11 is 9.87. The molecule has 3 rings (SSSR count). The molecule has 134 valence electrons. The Balaban J connectivity index is 2.03. The van der Waals surface area contributed by atoms with Crippen LogP contribution in [-0.2, 0) is 0 Å². The predicted molar refractivity (Wildman–Crippen MR) is 120 cm³/mol. The Morgan fingerprint density at radius 1 is 0.963 bits per heavy atom. The Bertz CT molecular complexity index is 959. The number of hydrogen-bond acceptors (Lipinski definition) is 0. The molecular formula is C25H20BrCl. The molecule has 0 bridgehead atoms. The van der Waals surface area contributed by atoms with Crippen LogP contribution in [0, 0.1) is 18.8 Å². The van der Waals surface area contributed by atoms with Crippen LogP contribution in [0.3, 0.4) is 0 Å². The van der Waals surface area contributed by atoms with Crippen LogP contribution in [0.5, 0.6) is 0 Å². The Morgan fingerprint density at radius 3 is 2.26 bits per heavy atom. The first-order chi connectivity index (χ1) is 13.2. The van der Waals surface area contributed by atoms with Gasteiger partial charge in [-0.3, -0.25) is 0 Å². The average molecular weight is 436 g/mol. The van der Waals surface area contributed by atoms with Crippen molar-refractivity contribution in [1.29, 1.82) is 0 Å². The molecule has 1 atom stereocenters. The van der Waals surface area contributed by atoms with Crippen LogP contribution in [0.4, 0.5) is 0 Å². The second kappa shape index (κ2) is 9.60. The fourth-order valence-corrected chi connectivity index (χ4v) is 3.29. The van der Waals surface area contributed by atoms with Crippen molar-refractivity contribution in [2.45, 2.75) is 12.8 Å². The minimum Gasteiger partial charge on any atom is -0.122 e. The zero-order valence-corrected chi connectivity index (χ0v) is 17.5. The minimum absolute atomic E-state index is 0.0582. The van der Waals surface area contributed by atoms with Crippen LogP contribution in [0.25, 0.3) is 6.08 Å². The van der Waals surface area contributed by atoms with Gasteiger partial charge in [0.05, 0.1) is 5.92 Å². The summed E-state index contributed by atoms with van der Waals surface area (Å²) in [5.74, 6) is 7.11. The van der Waals surface area contributed by atoms with Gasteiger partial charge in [-0.05, 0) is 47.9 Å². The van der Waals surface area contributed by atoms with E-state index in [4.69, 9.17) is 11.6 Å². The summed E-state index contributed by atoms with van der Waals surface area (Å²) in [6.45, 7) is 2.09. The highest BCUT2D eigenvalue weighted by Gasteiger charge is 2.14. The Morgan fingerprint density at radius 2 is 1.63 bits per heavy atom. The van der Waals surface area contributed by atoms with Crippen molar-refractivity contribution < 1.29 is 0 Å². The molecule has 27 heavy (non-hydrogen) atoms. The van der Waals surface area contributed by atoms with Crippen molar-refractivity contribution >= 4 is 33.6 Å². The topological polar surface area (TPSA) is 0 Å². The van der Waals surface area contributed by atoms with Gasteiger partial charge in [0, 0.05) is 15.9 Å².